The SMILES string of the molecule is CC(CCC=O)C1=CCC(C)(C)C1. The zero-order chi connectivity index (χ0) is 9.90. The van der Waals surface area contributed by atoms with Crippen LogP contribution in [0.2, 0.25) is 0 Å². The maximum absolute atomic E-state index is 10.2. The Morgan fingerprint density at radius 1 is 1.62 bits per heavy atom. The van der Waals surface area contributed by atoms with E-state index < -0.39 is 0 Å². The van der Waals surface area contributed by atoms with Gasteiger partial charge in [0.1, 0.15) is 6.29 Å². The largest absolute Gasteiger partial charge is 0.303 e. The maximum atomic E-state index is 10.2. The molecule has 1 unspecified atom stereocenters. The average Bonchev–Trinajstić information content (AvgIpc) is 2.42. The van der Waals surface area contributed by atoms with E-state index in [1.807, 2.05) is 0 Å². The molecule has 1 rings (SSSR count). The van der Waals surface area contributed by atoms with Crippen molar-refractivity contribution in [2.75, 3.05) is 0 Å². The Labute approximate surface area is 81.2 Å². The lowest BCUT2D eigenvalue weighted by Crippen LogP contribution is -2.07. The minimum absolute atomic E-state index is 0.463. The molecule has 13 heavy (non-hydrogen) atoms. The van der Waals surface area contributed by atoms with Crippen molar-refractivity contribution >= 4 is 6.29 Å². The van der Waals surface area contributed by atoms with Crippen molar-refractivity contribution in [1.82, 2.24) is 0 Å². The standard InChI is InChI=1S/C12H20O/c1-10(5-4-8-13)11-6-7-12(2,3)9-11/h6,8,10H,4-5,7,9H2,1-3H3. The maximum Gasteiger partial charge on any atom is 0.120 e. The lowest BCUT2D eigenvalue weighted by Gasteiger charge is -2.19. The molecule has 0 bridgehead atoms. The highest BCUT2D eigenvalue weighted by molar-refractivity contribution is 5.49. The molecule has 1 heteroatoms. The van der Waals surface area contributed by atoms with Crippen molar-refractivity contribution in [3.63, 3.8) is 0 Å². The molecule has 0 N–H and O–H groups in total. The number of aldehydes is 1. The van der Waals surface area contributed by atoms with Gasteiger partial charge < -0.3 is 4.79 Å². The predicted octanol–water partition coefficient (Wildman–Crippen LogP) is 3.35. The molecule has 1 atom stereocenters. The summed E-state index contributed by atoms with van der Waals surface area (Å²) in [5.41, 5.74) is 2.02. The van der Waals surface area contributed by atoms with Gasteiger partial charge in [-0.2, -0.15) is 0 Å². The molecular weight excluding hydrogens is 160 g/mol. The second kappa shape index (κ2) is 4.08. The van der Waals surface area contributed by atoms with Gasteiger partial charge in [-0.25, -0.2) is 0 Å². The Hall–Kier alpha value is -0.590. The number of hydrogen-bond acceptors (Lipinski definition) is 1. The van der Waals surface area contributed by atoms with E-state index >= 15 is 0 Å². The lowest BCUT2D eigenvalue weighted by molar-refractivity contribution is -0.108. The molecule has 0 heterocycles. The molecule has 74 valence electrons. The molecule has 1 aliphatic carbocycles. The summed E-state index contributed by atoms with van der Waals surface area (Å²) in [5, 5.41) is 0. The summed E-state index contributed by atoms with van der Waals surface area (Å²) in [6.07, 6.45) is 7.54. The van der Waals surface area contributed by atoms with Gasteiger partial charge in [0.25, 0.3) is 0 Å². The van der Waals surface area contributed by atoms with Crippen LogP contribution in [0.1, 0.15) is 46.5 Å². The van der Waals surface area contributed by atoms with E-state index in [0.717, 1.165) is 12.7 Å². The summed E-state index contributed by atoms with van der Waals surface area (Å²) >= 11 is 0. The Morgan fingerprint density at radius 2 is 2.31 bits per heavy atom. The van der Waals surface area contributed by atoms with Gasteiger partial charge in [0, 0.05) is 6.42 Å². The average molecular weight is 180 g/mol. The number of allylic oxidation sites excluding steroid dienone is 2. The molecule has 0 saturated carbocycles. The number of rotatable bonds is 4. The van der Waals surface area contributed by atoms with Crippen LogP contribution in [-0.4, -0.2) is 6.29 Å². The van der Waals surface area contributed by atoms with Crippen molar-refractivity contribution in [3.8, 4) is 0 Å². The van der Waals surface area contributed by atoms with Crippen LogP contribution in [0.3, 0.4) is 0 Å². The first-order valence-corrected chi connectivity index (χ1v) is 5.18. The number of carbonyl (C=O) groups is 1. The van der Waals surface area contributed by atoms with E-state index in [1.54, 1.807) is 5.57 Å². The first kappa shape index (κ1) is 10.5. The Morgan fingerprint density at radius 3 is 2.77 bits per heavy atom. The fraction of sp³-hybridized carbons (Fsp3) is 0.750. The van der Waals surface area contributed by atoms with Crippen molar-refractivity contribution < 1.29 is 4.79 Å². The Kier molecular flexibility index (Phi) is 3.29. The van der Waals surface area contributed by atoms with Gasteiger partial charge in [-0.15, -0.1) is 0 Å². The van der Waals surface area contributed by atoms with Gasteiger partial charge in [-0.05, 0) is 30.6 Å². The molecule has 0 amide bonds. The quantitative estimate of drug-likeness (QED) is 0.479. The fourth-order valence-corrected chi connectivity index (χ4v) is 1.98. The third-order valence-electron chi connectivity index (χ3n) is 2.95. The smallest absolute Gasteiger partial charge is 0.120 e. The van der Waals surface area contributed by atoms with Gasteiger partial charge in [-0.1, -0.05) is 32.4 Å². The Bertz CT molecular complexity index is 213. The second-order valence-corrected chi connectivity index (χ2v) is 4.97. The molecule has 0 aliphatic heterocycles. The normalized spacial score (nSPS) is 22.5. The molecule has 1 aliphatic rings. The highest BCUT2D eigenvalue weighted by atomic mass is 16.1. The Balaban J connectivity index is 2.41. The number of carbonyl (C=O) groups excluding carboxylic acids is 1. The summed E-state index contributed by atoms with van der Waals surface area (Å²) in [6.45, 7) is 6.85. The third-order valence-corrected chi connectivity index (χ3v) is 2.95. The van der Waals surface area contributed by atoms with Gasteiger partial charge in [-0.3, -0.25) is 0 Å². The molecule has 0 aromatic rings. The van der Waals surface area contributed by atoms with Gasteiger partial charge in [0.15, 0.2) is 0 Å². The van der Waals surface area contributed by atoms with Crippen molar-refractivity contribution in [2.45, 2.75) is 46.5 Å². The summed E-state index contributed by atoms with van der Waals surface area (Å²) < 4.78 is 0. The zero-order valence-electron chi connectivity index (χ0n) is 8.97. The topological polar surface area (TPSA) is 17.1 Å². The van der Waals surface area contributed by atoms with Crippen LogP contribution in [0.4, 0.5) is 0 Å². The highest BCUT2D eigenvalue weighted by Gasteiger charge is 2.26. The van der Waals surface area contributed by atoms with Crippen LogP contribution in [0.15, 0.2) is 11.6 Å². The van der Waals surface area contributed by atoms with Crippen molar-refractivity contribution in [3.05, 3.63) is 11.6 Å². The molecule has 0 spiro atoms. The summed E-state index contributed by atoms with van der Waals surface area (Å²) in [4.78, 5) is 10.2. The van der Waals surface area contributed by atoms with Crippen LogP contribution in [0, 0.1) is 11.3 Å². The third kappa shape index (κ3) is 2.98. The molecular formula is C12H20O. The summed E-state index contributed by atoms with van der Waals surface area (Å²) in [5.74, 6) is 0.604. The predicted molar refractivity (Wildman–Crippen MR) is 55.6 cm³/mol. The van der Waals surface area contributed by atoms with Crippen molar-refractivity contribution in [2.24, 2.45) is 11.3 Å². The summed E-state index contributed by atoms with van der Waals surface area (Å²) in [7, 11) is 0. The molecule has 0 aromatic heterocycles. The van der Waals surface area contributed by atoms with Crippen LogP contribution >= 0.6 is 0 Å². The van der Waals surface area contributed by atoms with Crippen LogP contribution < -0.4 is 0 Å². The minimum Gasteiger partial charge on any atom is -0.303 e. The van der Waals surface area contributed by atoms with Crippen LogP contribution in [-0.2, 0) is 4.79 Å². The molecule has 0 aromatic carbocycles. The second-order valence-electron chi connectivity index (χ2n) is 4.97. The van der Waals surface area contributed by atoms with E-state index in [-0.39, 0.29) is 0 Å². The van der Waals surface area contributed by atoms with E-state index in [9.17, 15) is 4.79 Å². The highest BCUT2D eigenvalue weighted by Crippen LogP contribution is 2.40. The minimum atomic E-state index is 0.463. The first-order valence-electron chi connectivity index (χ1n) is 5.18. The monoisotopic (exact) mass is 180 g/mol. The lowest BCUT2D eigenvalue weighted by atomic mass is 9.86. The van der Waals surface area contributed by atoms with Gasteiger partial charge in [0.2, 0.25) is 0 Å². The molecule has 0 radical (unpaired) electrons. The number of hydrogen-bond donors (Lipinski definition) is 0. The van der Waals surface area contributed by atoms with Crippen LogP contribution in [0.5, 0.6) is 0 Å². The molecule has 0 saturated heterocycles. The first-order chi connectivity index (χ1) is 6.05. The van der Waals surface area contributed by atoms with Crippen LogP contribution in [0.25, 0.3) is 0 Å². The van der Waals surface area contributed by atoms with E-state index in [4.69, 9.17) is 0 Å². The summed E-state index contributed by atoms with van der Waals surface area (Å²) in [6, 6.07) is 0. The molecule has 0 fully saturated rings. The fourth-order valence-electron chi connectivity index (χ4n) is 1.98. The molecule has 1 nitrogen and oxygen atoms in total. The zero-order valence-corrected chi connectivity index (χ0v) is 8.97. The van der Waals surface area contributed by atoms with Gasteiger partial charge in [0.05, 0.1) is 0 Å². The van der Waals surface area contributed by atoms with Crippen molar-refractivity contribution in [1.29, 1.82) is 0 Å². The van der Waals surface area contributed by atoms with E-state index in [0.29, 0.717) is 17.8 Å². The van der Waals surface area contributed by atoms with Gasteiger partial charge >= 0.3 is 0 Å². The van der Waals surface area contributed by atoms with E-state index in [2.05, 4.69) is 26.8 Å². The van der Waals surface area contributed by atoms with E-state index in [1.165, 1.54) is 12.8 Å².